The van der Waals surface area contributed by atoms with Crippen LogP contribution in [-0.4, -0.2) is 29.3 Å². The molecule has 0 amide bonds. The van der Waals surface area contributed by atoms with Crippen molar-refractivity contribution >= 4 is 12.6 Å². The van der Waals surface area contributed by atoms with Gasteiger partial charge in [0.2, 0.25) is 0 Å². The summed E-state index contributed by atoms with van der Waals surface area (Å²) in [4.78, 5) is 2.59. The molecule has 1 saturated heterocycles. The molecule has 1 heterocycles. The van der Waals surface area contributed by atoms with Crippen LogP contribution >= 0.6 is 12.6 Å². The minimum Gasteiger partial charge on any atom is -0.365 e. The maximum Gasteiger partial charge on any atom is 0.0159 e. The lowest BCUT2D eigenvalue weighted by atomic mass is 9.95. The second kappa shape index (κ2) is 17.7. The van der Waals surface area contributed by atoms with Gasteiger partial charge in [-0.1, -0.05) is 73.1 Å². The van der Waals surface area contributed by atoms with E-state index in [-0.39, 0.29) is 0 Å². The van der Waals surface area contributed by atoms with Crippen LogP contribution < -0.4 is 5.32 Å². The minimum atomic E-state index is 0.546. The molecule has 0 saturated carbocycles. The Morgan fingerprint density at radius 1 is 1.27 bits per heavy atom. The van der Waals surface area contributed by atoms with Gasteiger partial charge in [0.1, 0.15) is 0 Å². The molecule has 0 bridgehead atoms. The van der Waals surface area contributed by atoms with E-state index in [1.54, 1.807) is 0 Å². The fraction of sp³-hybridized carbons (Fsp3) is 0.739. The number of thiol groups is 1. The van der Waals surface area contributed by atoms with Gasteiger partial charge in [-0.15, -0.1) is 0 Å². The van der Waals surface area contributed by atoms with Gasteiger partial charge in [0.25, 0.3) is 0 Å². The maximum atomic E-state index is 4.64. The van der Waals surface area contributed by atoms with Gasteiger partial charge in [0.15, 0.2) is 0 Å². The molecule has 1 aliphatic rings. The van der Waals surface area contributed by atoms with Crippen molar-refractivity contribution in [1.29, 1.82) is 0 Å². The van der Waals surface area contributed by atoms with Crippen LogP contribution in [0, 0.1) is 5.92 Å². The van der Waals surface area contributed by atoms with Crippen molar-refractivity contribution in [2.75, 3.05) is 13.1 Å². The molecular formula is C23H46N2S. The average Bonchev–Trinajstić information content (AvgIpc) is 2.97. The number of hydrogen-bond donors (Lipinski definition) is 2. The third-order valence-corrected chi connectivity index (χ3v) is 4.86. The van der Waals surface area contributed by atoms with E-state index in [1.165, 1.54) is 24.8 Å². The van der Waals surface area contributed by atoms with E-state index in [9.17, 15) is 0 Å². The fourth-order valence-corrected chi connectivity index (χ4v) is 3.53. The number of rotatable bonds is 9. The van der Waals surface area contributed by atoms with E-state index < -0.39 is 0 Å². The van der Waals surface area contributed by atoms with Crippen LogP contribution in [0.3, 0.4) is 0 Å². The molecule has 1 N–H and O–H groups in total. The zero-order chi connectivity index (χ0) is 20.5. The van der Waals surface area contributed by atoms with Crippen molar-refractivity contribution in [3.63, 3.8) is 0 Å². The van der Waals surface area contributed by atoms with Crippen molar-refractivity contribution < 1.29 is 0 Å². The van der Waals surface area contributed by atoms with Gasteiger partial charge >= 0.3 is 0 Å². The lowest BCUT2D eigenvalue weighted by Crippen LogP contribution is -2.32. The van der Waals surface area contributed by atoms with Gasteiger partial charge in [-0.3, -0.25) is 4.90 Å². The van der Waals surface area contributed by atoms with E-state index in [1.807, 2.05) is 33.9 Å². The smallest absolute Gasteiger partial charge is 0.0159 e. The second-order valence-electron chi connectivity index (χ2n) is 6.55. The highest BCUT2D eigenvalue weighted by Gasteiger charge is 2.27. The Morgan fingerprint density at radius 3 is 2.35 bits per heavy atom. The lowest BCUT2D eigenvalue weighted by Gasteiger charge is -2.26. The topological polar surface area (TPSA) is 15.3 Å². The molecule has 0 spiro atoms. The van der Waals surface area contributed by atoms with Gasteiger partial charge in [0, 0.05) is 36.3 Å². The molecular weight excluding hydrogens is 336 g/mol. The number of nitrogens with one attached hydrogen (secondary N) is 1. The van der Waals surface area contributed by atoms with Crippen LogP contribution in [0.5, 0.6) is 0 Å². The first kappa shape index (κ1) is 27.5. The summed E-state index contributed by atoms with van der Waals surface area (Å²) >= 11 is 4.64. The molecule has 1 rings (SSSR count). The summed E-state index contributed by atoms with van der Waals surface area (Å²) in [5.74, 6) is 0.597. The predicted molar refractivity (Wildman–Crippen MR) is 125 cm³/mol. The summed E-state index contributed by atoms with van der Waals surface area (Å²) in [6, 6.07) is 0.665. The fourth-order valence-electron chi connectivity index (χ4n) is 3.01. The maximum absolute atomic E-state index is 4.64. The molecule has 26 heavy (non-hydrogen) atoms. The van der Waals surface area contributed by atoms with Crippen LogP contribution in [0.25, 0.3) is 0 Å². The minimum absolute atomic E-state index is 0.546. The van der Waals surface area contributed by atoms with Gasteiger partial charge in [-0.05, 0) is 38.2 Å². The van der Waals surface area contributed by atoms with Crippen molar-refractivity contribution in [1.82, 2.24) is 10.2 Å². The first-order valence-corrected chi connectivity index (χ1v) is 11.2. The van der Waals surface area contributed by atoms with Crippen LogP contribution in [0.4, 0.5) is 0 Å². The summed E-state index contributed by atoms with van der Waals surface area (Å²) < 4.78 is 0. The molecule has 3 atom stereocenters. The highest BCUT2D eigenvalue weighted by atomic mass is 32.1. The molecule has 0 aromatic carbocycles. The molecule has 0 aromatic heterocycles. The number of allylic oxidation sites excluding steroid dienone is 3. The summed E-state index contributed by atoms with van der Waals surface area (Å²) in [6.45, 7) is 23.3. The van der Waals surface area contributed by atoms with Crippen molar-refractivity contribution in [3.05, 3.63) is 36.2 Å². The number of hydrogen-bond acceptors (Lipinski definition) is 3. The first-order chi connectivity index (χ1) is 12.5. The number of nitrogens with zero attached hydrogens (tertiary/aromatic N) is 1. The molecule has 1 fully saturated rings. The first-order valence-electron chi connectivity index (χ1n) is 10.7. The van der Waals surface area contributed by atoms with Crippen molar-refractivity contribution in [3.8, 4) is 0 Å². The SMILES string of the molecule is C=C(CC)N/C=C/C=C(\CCC)C(C)CN1CC(S)CC1C.CC.CC. The molecule has 3 heteroatoms. The molecule has 0 aliphatic carbocycles. The molecule has 0 radical (unpaired) electrons. The van der Waals surface area contributed by atoms with Crippen molar-refractivity contribution in [2.24, 2.45) is 5.92 Å². The Morgan fingerprint density at radius 2 is 1.88 bits per heavy atom. The summed E-state index contributed by atoms with van der Waals surface area (Å²) in [5.41, 5.74) is 2.60. The van der Waals surface area contributed by atoms with Crippen LogP contribution in [0.1, 0.15) is 81.1 Å². The predicted octanol–water partition coefficient (Wildman–Crippen LogP) is 6.82. The number of likely N-dealkylation sites (tertiary alicyclic amines) is 1. The molecule has 154 valence electrons. The zero-order valence-corrected chi connectivity index (χ0v) is 19.7. The largest absolute Gasteiger partial charge is 0.365 e. The lowest BCUT2D eigenvalue weighted by molar-refractivity contribution is 0.243. The Kier molecular flexibility index (Phi) is 18.8. The van der Waals surface area contributed by atoms with Gasteiger partial charge in [0.05, 0.1) is 0 Å². The van der Waals surface area contributed by atoms with E-state index >= 15 is 0 Å². The third-order valence-electron chi connectivity index (χ3n) is 4.48. The normalized spacial score (nSPS) is 21.5. The Bertz CT molecular complexity index is 401. The van der Waals surface area contributed by atoms with Gasteiger partial charge < -0.3 is 5.32 Å². The zero-order valence-electron chi connectivity index (χ0n) is 18.8. The summed E-state index contributed by atoms with van der Waals surface area (Å²) in [5, 5.41) is 3.76. The highest BCUT2D eigenvalue weighted by Crippen LogP contribution is 2.25. The standard InChI is InChI=1S/C19H34N2S.2C2H6/c1-6-9-18(10-8-11-20-16(4)7-2)15(3)13-21-14-19(22)12-17(21)5;2*1-2/h8,10-11,15,17,19-20,22H,4,6-7,9,12-14H2,1-3,5H3;2*1-2H3/b11-8+,18-10+;;. The van der Waals surface area contributed by atoms with Gasteiger partial charge in [-0.25, -0.2) is 0 Å². The molecule has 0 aromatic rings. The third kappa shape index (κ3) is 11.9. The van der Waals surface area contributed by atoms with Crippen LogP contribution in [-0.2, 0) is 0 Å². The van der Waals surface area contributed by atoms with Crippen LogP contribution in [0.15, 0.2) is 36.2 Å². The monoisotopic (exact) mass is 382 g/mol. The van der Waals surface area contributed by atoms with E-state index in [0.29, 0.717) is 17.2 Å². The second-order valence-corrected chi connectivity index (χ2v) is 7.28. The Labute approximate surface area is 170 Å². The molecule has 1 aliphatic heterocycles. The van der Waals surface area contributed by atoms with E-state index in [2.05, 4.69) is 69.3 Å². The average molecular weight is 383 g/mol. The van der Waals surface area contributed by atoms with E-state index in [4.69, 9.17) is 0 Å². The van der Waals surface area contributed by atoms with Crippen LogP contribution in [0.2, 0.25) is 0 Å². The summed E-state index contributed by atoms with van der Waals surface area (Å²) in [7, 11) is 0. The highest BCUT2D eigenvalue weighted by molar-refractivity contribution is 7.81. The summed E-state index contributed by atoms with van der Waals surface area (Å²) in [6.07, 6.45) is 10.9. The van der Waals surface area contributed by atoms with Crippen molar-refractivity contribution in [2.45, 2.75) is 92.4 Å². The molecule has 2 nitrogen and oxygen atoms in total. The van der Waals surface area contributed by atoms with Gasteiger partial charge in [-0.2, -0.15) is 12.6 Å². The Hall–Kier alpha value is -0.670. The quantitative estimate of drug-likeness (QED) is 0.336. The Balaban J connectivity index is 0. The molecule has 3 unspecified atom stereocenters. The van der Waals surface area contributed by atoms with E-state index in [0.717, 1.165) is 25.2 Å².